The lowest BCUT2D eigenvalue weighted by atomic mass is 9.94. The van der Waals surface area contributed by atoms with E-state index in [1.807, 2.05) is 13.8 Å². The lowest BCUT2D eigenvalue weighted by Crippen LogP contribution is -2.15. The van der Waals surface area contributed by atoms with Gasteiger partial charge in [0.05, 0.1) is 0 Å². The Morgan fingerprint density at radius 1 is 1.10 bits per heavy atom. The Balaban J connectivity index is 1.91. The average molecular weight is 269 g/mol. The average Bonchev–Trinajstić information content (AvgIpc) is 3.19. The van der Waals surface area contributed by atoms with E-state index >= 15 is 0 Å². The lowest BCUT2D eigenvalue weighted by molar-refractivity contribution is 0.625. The topological polar surface area (TPSA) is 12.0 Å². The zero-order valence-corrected chi connectivity index (χ0v) is 12.0. The number of nitrogens with one attached hydrogen (secondary N) is 1. The van der Waals surface area contributed by atoms with Gasteiger partial charge in [-0.2, -0.15) is 0 Å². The first kappa shape index (κ1) is 13.3. The highest BCUT2D eigenvalue weighted by atomic mass is 19.1. The zero-order chi connectivity index (χ0) is 14.1. The Morgan fingerprint density at radius 2 is 1.80 bits per heavy atom. The molecule has 1 saturated carbocycles. The van der Waals surface area contributed by atoms with Crippen LogP contribution in [0.4, 0.5) is 4.39 Å². The lowest BCUT2D eigenvalue weighted by Gasteiger charge is -2.12. The fourth-order valence-corrected chi connectivity index (χ4v) is 2.75. The molecule has 1 fully saturated rings. The zero-order valence-electron chi connectivity index (χ0n) is 12.0. The van der Waals surface area contributed by atoms with Crippen molar-refractivity contribution in [3.8, 4) is 11.1 Å². The quantitative estimate of drug-likeness (QED) is 0.869. The van der Waals surface area contributed by atoms with Gasteiger partial charge < -0.3 is 5.32 Å². The molecule has 1 aliphatic carbocycles. The highest BCUT2D eigenvalue weighted by molar-refractivity contribution is 5.71. The van der Waals surface area contributed by atoms with Gasteiger partial charge >= 0.3 is 0 Å². The second-order valence-electron chi connectivity index (χ2n) is 5.77. The third-order valence-electron chi connectivity index (χ3n) is 3.89. The van der Waals surface area contributed by atoms with Crippen molar-refractivity contribution in [3.05, 3.63) is 58.9 Å². The summed E-state index contributed by atoms with van der Waals surface area (Å²) in [4.78, 5) is 0. The van der Waals surface area contributed by atoms with Crippen LogP contribution < -0.4 is 5.32 Å². The first-order chi connectivity index (χ1) is 9.63. The molecule has 2 aromatic carbocycles. The minimum atomic E-state index is -0.157. The van der Waals surface area contributed by atoms with Crippen molar-refractivity contribution >= 4 is 0 Å². The maximum absolute atomic E-state index is 13.4. The molecule has 0 saturated heterocycles. The number of benzene rings is 2. The van der Waals surface area contributed by atoms with Gasteiger partial charge in [-0.15, -0.1) is 0 Å². The third kappa shape index (κ3) is 2.91. The minimum absolute atomic E-state index is 0.157. The van der Waals surface area contributed by atoms with Crippen LogP contribution in [0.3, 0.4) is 0 Å². The molecule has 0 amide bonds. The van der Waals surface area contributed by atoms with Crippen LogP contribution in [-0.2, 0) is 6.54 Å². The van der Waals surface area contributed by atoms with Gasteiger partial charge in [0.1, 0.15) is 5.82 Å². The van der Waals surface area contributed by atoms with Crippen molar-refractivity contribution in [2.75, 3.05) is 0 Å². The van der Waals surface area contributed by atoms with E-state index in [1.54, 1.807) is 12.1 Å². The molecular weight excluding hydrogens is 249 g/mol. The largest absolute Gasteiger partial charge is 0.310 e. The number of rotatable bonds is 4. The molecule has 0 atom stereocenters. The van der Waals surface area contributed by atoms with Crippen molar-refractivity contribution in [1.29, 1.82) is 0 Å². The van der Waals surface area contributed by atoms with E-state index < -0.39 is 0 Å². The molecule has 20 heavy (non-hydrogen) atoms. The molecule has 104 valence electrons. The van der Waals surface area contributed by atoms with Gasteiger partial charge in [-0.3, -0.25) is 0 Å². The normalized spacial score (nSPS) is 14.6. The number of aryl methyl sites for hydroxylation is 2. The molecule has 0 radical (unpaired) electrons. The van der Waals surface area contributed by atoms with Crippen LogP contribution in [0.2, 0.25) is 0 Å². The molecule has 0 bridgehead atoms. The van der Waals surface area contributed by atoms with Gasteiger partial charge in [0, 0.05) is 12.6 Å². The SMILES string of the molecule is Cc1cc(F)cc(C)c1-c1cccc(CNC2CC2)c1. The molecule has 0 spiro atoms. The molecule has 1 N–H and O–H groups in total. The first-order valence-corrected chi connectivity index (χ1v) is 7.23. The van der Waals surface area contributed by atoms with Crippen LogP contribution in [-0.4, -0.2) is 6.04 Å². The van der Waals surface area contributed by atoms with Crippen molar-refractivity contribution < 1.29 is 4.39 Å². The summed E-state index contributed by atoms with van der Waals surface area (Å²) in [5.41, 5.74) is 5.61. The summed E-state index contributed by atoms with van der Waals surface area (Å²) in [6.07, 6.45) is 2.60. The highest BCUT2D eigenvalue weighted by Crippen LogP contribution is 2.29. The van der Waals surface area contributed by atoms with E-state index in [-0.39, 0.29) is 5.82 Å². The fraction of sp³-hybridized carbons (Fsp3) is 0.333. The highest BCUT2D eigenvalue weighted by Gasteiger charge is 2.20. The first-order valence-electron chi connectivity index (χ1n) is 7.23. The summed E-state index contributed by atoms with van der Waals surface area (Å²) in [7, 11) is 0. The van der Waals surface area contributed by atoms with E-state index in [4.69, 9.17) is 0 Å². The van der Waals surface area contributed by atoms with Crippen molar-refractivity contribution in [2.45, 2.75) is 39.3 Å². The predicted molar refractivity (Wildman–Crippen MR) is 81.2 cm³/mol. The molecule has 0 heterocycles. The van der Waals surface area contributed by atoms with Crippen LogP contribution in [0, 0.1) is 19.7 Å². The van der Waals surface area contributed by atoms with Gasteiger partial charge in [-0.1, -0.05) is 18.2 Å². The predicted octanol–water partition coefficient (Wildman–Crippen LogP) is 4.36. The number of hydrogen-bond acceptors (Lipinski definition) is 1. The van der Waals surface area contributed by atoms with Crippen LogP contribution in [0.25, 0.3) is 11.1 Å². The van der Waals surface area contributed by atoms with Crippen LogP contribution >= 0.6 is 0 Å². The molecule has 1 nitrogen and oxygen atoms in total. The van der Waals surface area contributed by atoms with Crippen molar-refractivity contribution in [3.63, 3.8) is 0 Å². The fourth-order valence-electron chi connectivity index (χ4n) is 2.75. The maximum atomic E-state index is 13.4. The molecule has 0 aliphatic heterocycles. The Labute approximate surface area is 119 Å². The molecular formula is C18H20FN. The van der Waals surface area contributed by atoms with Crippen molar-refractivity contribution in [1.82, 2.24) is 5.32 Å². The van der Waals surface area contributed by atoms with E-state index in [9.17, 15) is 4.39 Å². The number of halogens is 1. The monoisotopic (exact) mass is 269 g/mol. The van der Waals surface area contributed by atoms with E-state index in [0.717, 1.165) is 23.2 Å². The van der Waals surface area contributed by atoms with Gasteiger partial charge in [-0.05, 0) is 72.7 Å². The van der Waals surface area contributed by atoms with E-state index in [2.05, 4.69) is 29.6 Å². The maximum Gasteiger partial charge on any atom is 0.123 e. The third-order valence-corrected chi connectivity index (χ3v) is 3.89. The molecule has 2 heteroatoms. The molecule has 2 aromatic rings. The van der Waals surface area contributed by atoms with Crippen LogP contribution in [0.1, 0.15) is 29.5 Å². The van der Waals surface area contributed by atoms with Crippen LogP contribution in [0.15, 0.2) is 36.4 Å². The summed E-state index contributed by atoms with van der Waals surface area (Å²) in [6.45, 7) is 4.86. The van der Waals surface area contributed by atoms with E-state index in [1.165, 1.54) is 24.0 Å². The molecule has 0 unspecified atom stereocenters. The van der Waals surface area contributed by atoms with Crippen LogP contribution in [0.5, 0.6) is 0 Å². The number of hydrogen-bond donors (Lipinski definition) is 1. The molecule has 3 rings (SSSR count). The Hall–Kier alpha value is -1.67. The Bertz CT molecular complexity index is 606. The standard InChI is InChI=1S/C18H20FN/c1-12-8-16(19)9-13(2)18(12)15-5-3-4-14(10-15)11-20-17-6-7-17/h3-5,8-10,17,20H,6-7,11H2,1-2H3. The second kappa shape index (κ2) is 5.37. The van der Waals surface area contributed by atoms with Gasteiger partial charge in [0.25, 0.3) is 0 Å². The minimum Gasteiger partial charge on any atom is -0.310 e. The summed E-state index contributed by atoms with van der Waals surface area (Å²) < 4.78 is 13.4. The van der Waals surface area contributed by atoms with Gasteiger partial charge in [0.15, 0.2) is 0 Å². The summed E-state index contributed by atoms with van der Waals surface area (Å²) in [5.74, 6) is -0.157. The van der Waals surface area contributed by atoms with Gasteiger partial charge in [0.2, 0.25) is 0 Å². The van der Waals surface area contributed by atoms with Crippen molar-refractivity contribution in [2.24, 2.45) is 0 Å². The van der Waals surface area contributed by atoms with E-state index in [0.29, 0.717) is 6.04 Å². The molecule has 0 aromatic heterocycles. The smallest absolute Gasteiger partial charge is 0.123 e. The summed E-state index contributed by atoms with van der Waals surface area (Å²) in [5, 5.41) is 3.53. The summed E-state index contributed by atoms with van der Waals surface area (Å²) >= 11 is 0. The second-order valence-corrected chi connectivity index (χ2v) is 5.77. The summed E-state index contributed by atoms with van der Waals surface area (Å²) in [6, 6.07) is 12.5. The molecule has 1 aliphatic rings. The Morgan fingerprint density at radius 3 is 2.45 bits per heavy atom. The Kier molecular flexibility index (Phi) is 3.58. The van der Waals surface area contributed by atoms with Gasteiger partial charge in [-0.25, -0.2) is 4.39 Å².